The van der Waals surface area contributed by atoms with E-state index >= 15 is 0 Å². The number of methoxy groups -OCH3 is 1. The Morgan fingerprint density at radius 3 is 2.26 bits per heavy atom. The maximum atomic E-state index is 6.85. The van der Waals surface area contributed by atoms with Crippen LogP contribution in [0.2, 0.25) is 18.1 Å². The third kappa shape index (κ3) is 6.51. The number of thiocarbonyl (C=S) groups is 1. The van der Waals surface area contributed by atoms with Gasteiger partial charge in [-0.2, -0.15) is 0 Å². The summed E-state index contributed by atoms with van der Waals surface area (Å²) in [5.74, 6) is 0.849. The average Bonchev–Trinajstić information content (AvgIpc) is 2.66. The summed E-state index contributed by atoms with van der Waals surface area (Å²) in [7, 11) is -0.316. The zero-order valence-corrected chi connectivity index (χ0v) is 22.4. The molecule has 7 heteroatoms. The fraction of sp³-hybridized carbons (Fsp3) is 0.708. The molecule has 0 aromatic heterocycles. The highest BCUT2D eigenvalue weighted by Gasteiger charge is 2.61. The summed E-state index contributed by atoms with van der Waals surface area (Å²) in [5, 5.41) is 0.284. The van der Waals surface area contributed by atoms with E-state index in [0.29, 0.717) is 12.4 Å². The van der Waals surface area contributed by atoms with Crippen molar-refractivity contribution in [1.82, 2.24) is 0 Å². The molecule has 2 rings (SSSR count). The molecule has 1 saturated carbocycles. The van der Waals surface area contributed by atoms with Gasteiger partial charge in [0.15, 0.2) is 8.32 Å². The van der Waals surface area contributed by atoms with Gasteiger partial charge in [-0.3, -0.25) is 0 Å². The first-order chi connectivity index (χ1) is 14.3. The van der Waals surface area contributed by atoms with Gasteiger partial charge in [0.05, 0.1) is 6.10 Å². The molecule has 1 aliphatic rings. The molecule has 5 nitrogen and oxygen atoms in total. The third-order valence-electron chi connectivity index (χ3n) is 6.71. The van der Waals surface area contributed by atoms with E-state index in [4.69, 9.17) is 35.6 Å². The first-order valence-corrected chi connectivity index (χ1v) is 14.3. The Kier molecular flexibility index (Phi) is 8.72. The Labute approximate surface area is 194 Å². The second-order valence-corrected chi connectivity index (χ2v) is 15.7. The Morgan fingerprint density at radius 1 is 1.10 bits per heavy atom. The van der Waals surface area contributed by atoms with Crippen LogP contribution in [0.1, 0.15) is 46.6 Å². The molecule has 0 amide bonds. The maximum absolute atomic E-state index is 6.85. The molecule has 1 aromatic rings. The lowest BCUT2D eigenvalue weighted by Gasteiger charge is -2.59. The zero-order valence-electron chi connectivity index (χ0n) is 20.6. The molecular formula is C24H40O5SSi. The molecule has 0 heterocycles. The molecule has 0 N–H and O–H groups in total. The summed E-state index contributed by atoms with van der Waals surface area (Å²) in [6, 6.07) is 7.78. The normalized spacial score (nSPS) is 23.2. The van der Waals surface area contributed by atoms with E-state index in [0.717, 1.165) is 6.42 Å². The van der Waals surface area contributed by atoms with Crippen LogP contribution in [-0.2, 0) is 18.6 Å². The number of hydrogen-bond acceptors (Lipinski definition) is 6. The Hall–Kier alpha value is -0.993. The van der Waals surface area contributed by atoms with E-state index in [1.165, 1.54) is 5.56 Å². The van der Waals surface area contributed by atoms with Crippen LogP contribution in [0, 0.1) is 18.3 Å². The lowest BCUT2D eigenvalue weighted by Crippen LogP contribution is -2.67. The van der Waals surface area contributed by atoms with Gasteiger partial charge in [0.1, 0.15) is 18.6 Å². The van der Waals surface area contributed by atoms with E-state index < -0.39 is 8.32 Å². The standard InChI is InChI=1S/C24H40O5SSi/c1-17-10-12-18(13-11-17)27-22(30)28-20-19(14-15-26-16-25-7)21(24(20,5)6)29-31(8,9)23(2,3)4/h10-13,19-21H,14-16H2,1-9H3/t19-,20-,21-/m0/s1. The van der Waals surface area contributed by atoms with Crippen LogP contribution in [0.3, 0.4) is 0 Å². The first-order valence-electron chi connectivity index (χ1n) is 11.0. The second-order valence-electron chi connectivity index (χ2n) is 10.6. The van der Waals surface area contributed by atoms with Gasteiger partial charge < -0.3 is 23.4 Å². The van der Waals surface area contributed by atoms with Crippen molar-refractivity contribution in [2.24, 2.45) is 11.3 Å². The van der Waals surface area contributed by atoms with E-state index in [-0.39, 0.29) is 40.6 Å². The molecule has 176 valence electrons. The van der Waals surface area contributed by atoms with E-state index in [9.17, 15) is 0 Å². The predicted molar refractivity (Wildman–Crippen MR) is 131 cm³/mol. The summed E-state index contributed by atoms with van der Waals surface area (Å²) in [6.45, 7) is 18.7. The molecule has 0 radical (unpaired) electrons. The minimum Gasteiger partial charge on any atom is -0.452 e. The molecule has 1 aromatic carbocycles. The number of hydrogen-bond donors (Lipinski definition) is 0. The predicted octanol–water partition coefficient (Wildman–Crippen LogP) is 6.10. The number of rotatable bonds is 9. The van der Waals surface area contributed by atoms with Crippen LogP contribution in [0.15, 0.2) is 24.3 Å². The number of aryl methyl sites for hydroxylation is 1. The highest BCUT2D eigenvalue weighted by atomic mass is 32.1. The van der Waals surface area contributed by atoms with Crippen LogP contribution in [0.5, 0.6) is 5.75 Å². The lowest BCUT2D eigenvalue weighted by molar-refractivity contribution is -0.198. The van der Waals surface area contributed by atoms with Gasteiger partial charge >= 0.3 is 5.24 Å². The highest BCUT2D eigenvalue weighted by molar-refractivity contribution is 7.79. The van der Waals surface area contributed by atoms with Crippen molar-refractivity contribution < 1.29 is 23.4 Å². The van der Waals surface area contributed by atoms with Gasteiger partial charge in [0, 0.05) is 37.3 Å². The Morgan fingerprint density at radius 2 is 1.71 bits per heavy atom. The van der Waals surface area contributed by atoms with Crippen molar-refractivity contribution in [3.8, 4) is 5.75 Å². The molecular weight excluding hydrogens is 428 g/mol. The average molecular weight is 469 g/mol. The van der Waals surface area contributed by atoms with Crippen LogP contribution >= 0.6 is 12.2 Å². The monoisotopic (exact) mass is 468 g/mol. The fourth-order valence-corrected chi connectivity index (χ4v) is 5.44. The van der Waals surface area contributed by atoms with Crippen molar-refractivity contribution in [3.63, 3.8) is 0 Å². The largest absolute Gasteiger partial charge is 0.452 e. The SMILES string of the molecule is COCOCC[C@H]1[C@H](OC(=S)Oc2ccc(C)cc2)C(C)(C)[C@H]1O[Si](C)(C)C(C)(C)C. The van der Waals surface area contributed by atoms with Gasteiger partial charge in [0.2, 0.25) is 0 Å². The topological polar surface area (TPSA) is 46.2 Å². The quantitative estimate of drug-likeness (QED) is 0.189. The highest BCUT2D eigenvalue weighted by Crippen LogP contribution is 2.53. The molecule has 3 atom stereocenters. The summed E-state index contributed by atoms with van der Waals surface area (Å²) in [4.78, 5) is 0. The smallest absolute Gasteiger partial charge is 0.358 e. The van der Waals surface area contributed by atoms with Gasteiger partial charge in [-0.25, -0.2) is 0 Å². The van der Waals surface area contributed by atoms with E-state index in [2.05, 4.69) is 47.7 Å². The molecule has 0 aliphatic heterocycles. The minimum atomic E-state index is -1.94. The summed E-state index contributed by atoms with van der Waals surface area (Å²) in [5.41, 5.74) is 0.975. The lowest BCUT2D eigenvalue weighted by atomic mass is 9.58. The minimum absolute atomic E-state index is 0.0757. The summed E-state index contributed by atoms with van der Waals surface area (Å²) >= 11 is 5.43. The number of benzene rings is 1. The van der Waals surface area contributed by atoms with E-state index in [1.54, 1.807) is 7.11 Å². The zero-order chi connectivity index (χ0) is 23.4. The summed E-state index contributed by atoms with van der Waals surface area (Å²) < 4.78 is 29.4. The van der Waals surface area contributed by atoms with Crippen molar-refractivity contribution in [1.29, 1.82) is 0 Å². The van der Waals surface area contributed by atoms with Crippen LogP contribution < -0.4 is 4.74 Å². The van der Waals surface area contributed by atoms with Crippen LogP contribution in [0.25, 0.3) is 0 Å². The Balaban J connectivity index is 2.11. The van der Waals surface area contributed by atoms with E-state index in [1.807, 2.05) is 31.2 Å². The maximum Gasteiger partial charge on any atom is 0.358 e. The molecule has 0 saturated heterocycles. The van der Waals surface area contributed by atoms with Gasteiger partial charge in [-0.1, -0.05) is 52.3 Å². The summed E-state index contributed by atoms with van der Waals surface area (Å²) in [6.07, 6.45) is 0.780. The third-order valence-corrected chi connectivity index (χ3v) is 11.3. The number of ether oxygens (including phenoxy) is 4. The van der Waals surface area contributed by atoms with Gasteiger partial charge in [0.25, 0.3) is 0 Å². The fourth-order valence-electron chi connectivity index (χ4n) is 3.77. The van der Waals surface area contributed by atoms with Crippen LogP contribution in [-0.4, -0.2) is 46.3 Å². The second kappa shape index (κ2) is 10.3. The molecule has 1 fully saturated rings. The first kappa shape index (κ1) is 26.3. The molecule has 31 heavy (non-hydrogen) atoms. The Bertz CT molecular complexity index is 726. The van der Waals surface area contributed by atoms with Crippen molar-refractivity contribution in [2.75, 3.05) is 20.5 Å². The van der Waals surface area contributed by atoms with Crippen molar-refractivity contribution in [2.45, 2.75) is 78.3 Å². The molecule has 0 unspecified atom stereocenters. The van der Waals surface area contributed by atoms with Gasteiger partial charge in [-0.05, 0) is 43.6 Å². The molecule has 0 bridgehead atoms. The molecule has 0 spiro atoms. The van der Waals surface area contributed by atoms with Crippen molar-refractivity contribution in [3.05, 3.63) is 29.8 Å². The van der Waals surface area contributed by atoms with Gasteiger partial charge in [-0.15, -0.1) is 0 Å². The molecule has 1 aliphatic carbocycles. The van der Waals surface area contributed by atoms with Crippen LogP contribution in [0.4, 0.5) is 0 Å². The van der Waals surface area contributed by atoms with Crippen molar-refractivity contribution >= 4 is 25.8 Å².